The van der Waals surface area contributed by atoms with Crippen molar-refractivity contribution in [1.29, 1.82) is 0 Å². The van der Waals surface area contributed by atoms with Crippen LogP contribution in [0.5, 0.6) is 0 Å². The van der Waals surface area contributed by atoms with Crippen molar-refractivity contribution in [3.05, 3.63) is 104 Å². The van der Waals surface area contributed by atoms with E-state index >= 15 is 0 Å². The number of benzene rings is 2. The number of aryl methyl sites for hydroxylation is 4. The predicted molar refractivity (Wildman–Crippen MR) is 190 cm³/mol. The van der Waals surface area contributed by atoms with Gasteiger partial charge >= 0.3 is 0 Å². The highest BCUT2D eigenvalue weighted by Gasteiger charge is 2.44. The summed E-state index contributed by atoms with van der Waals surface area (Å²) in [6.07, 6.45) is 25.7. The highest BCUT2D eigenvalue weighted by Crippen LogP contribution is 2.54. The van der Waals surface area contributed by atoms with E-state index in [2.05, 4.69) is 97.0 Å². The van der Waals surface area contributed by atoms with E-state index in [0.29, 0.717) is 5.92 Å². The highest BCUT2D eigenvalue weighted by atomic mass is 14.5. The van der Waals surface area contributed by atoms with Crippen LogP contribution in [0.4, 0.5) is 0 Å². The summed E-state index contributed by atoms with van der Waals surface area (Å²) in [7, 11) is 0. The van der Waals surface area contributed by atoms with Crippen molar-refractivity contribution in [2.75, 3.05) is 0 Å². The van der Waals surface area contributed by atoms with E-state index in [1.54, 1.807) is 27.8 Å². The van der Waals surface area contributed by atoms with Gasteiger partial charge in [-0.2, -0.15) is 0 Å². The molecule has 2 aromatic rings. The zero-order valence-corrected chi connectivity index (χ0v) is 29.0. The molecular formula is C43H62. The van der Waals surface area contributed by atoms with Crippen molar-refractivity contribution < 1.29 is 0 Å². The molecule has 0 bridgehead atoms. The van der Waals surface area contributed by atoms with Gasteiger partial charge in [0.1, 0.15) is 0 Å². The lowest BCUT2D eigenvalue weighted by Crippen LogP contribution is -2.33. The quantitative estimate of drug-likeness (QED) is 0.164. The molecule has 0 N–H and O–H groups in total. The number of allylic oxidation sites excluding steroid dienone is 6. The second-order valence-corrected chi connectivity index (χ2v) is 14.1. The number of unbranched alkanes of at least 4 members (excludes halogenated alkanes) is 9. The minimum absolute atomic E-state index is 0.122. The van der Waals surface area contributed by atoms with Crippen LogP contribution >= 0.6 is 0 Å². The van der Waals surface area contributed by atoms with Crippen molar-refractivity contribution >= 4 is 0 Å². The van der Waals surface area contributed by atoms with Gasteiger partial charge in [0, 0.05) is 11.3 Å². The van der Waals surface area contributed by atoms with E-state index in [9.17, 15) is 0 Å². The van der Waals surface area contributed by atoms with Gasteiger partial charge in [0.2, 0.25) is 0 Å². The zero-order valence-electron chi connectivity index (χ0n) is 29.0. The maximum absolute atomic E-state index is 2.63. The van der Waals surface area contributed by atoms with Gasteiger partial charge in [-0.3, -0.25) is 0 Å². The summed E-state index contributed by atoms with van der Waals surface area (Å²) in [6.45, 7) is 16.4. The molecule has 2 atom stereocenters. The minimum Gasteiger partial charge on any atom is -0.0797 e. The standard InChI is InChI=1S/C43H62/c1-8-11-14-17-20-36-25-32(4)26-39(29-36)43(24-23-33(5)42-35(7)34(6)27-41(42)43)40-30-37(21-18-15-12-9-2)28-38(31-40)22-19-16-13-10-3/h23,25-31,35H,8-22,24H2,1-7H3/t35-,43?/m0/s1. The molecule has 2 aliphatic rings. The first-order valence-electron chi connectivity index (χ1n) is 18.2. The molecule has 43 heavy (non-hydrogen) atoms. The van der Waals surface area contributed by atoms with Crippen LogP contribution in [0.2, 0.25) is 0 Å². The first-order valence-corrected chi connectivity index (χ1v) is 18.2. The fourth-order valence-corrected chi connectivity index (χ4v) is 7.86. The molecule has 0 radical (unpaired) electrons. The van der Waals surface area contributed by atoms with Crippen LogP contribution in [0.15, 0.2) is 70.8 Å². The summed E-state index contributed by atoms with van der Waals surface area (Å²) in [4.78, 5) is 0. The van der Waals surface area contributed by atoms with Crippen molar-refractivity contribution in [1.82, 2.24) is 0 Å². The van der Waals surface area contributed by atoms with Gasteiger partial charge in [-0.15, -0.1) is 0 Å². The lowest BCUT2D eigenvalue weighted by atomic mass is 9.62. The fourth-order valence-electron chi connectivity index (χ4n) is 7.86. The molecule has 2 aromatic carbocycles. The maximum atomic E-state index is 2.63. The van der Waals surface area contributed by atoms with E-state index in [0.717, 1.165) is 6.42 Å². The monoisotopic (exact) mass is 578 g/mol. The number of rotatable bonds is 17. The Morgan fingerprint density at radius 3 is 1.60 bits per heavy atom. The Morgan fingerprint density at radius 2 is 1.09 bits per heavy atom. The Balaban J connectivity index is 1.87. The summed E-state index contributed by atoms with van der Waals surface area (Å²) < 4.78 is 0. The van der Waals surface area contributed by atoms with Crippen molar-refractivity contribution in [2.45, 2.75) is 157 Å². The van der Waals surface area contributed by atoms with Gasteiger partial charge in [-0.1, -0.05) is 151 Å². The summed E-state index contributed by atoms with van der Waals surface area (Å²) in [5.41, 5.74) is 15.2. The molecule has 234 valence electrons. The smallest absolute Gasteiger partial charge is 0.0489 e. The second kappa shape index (κ2) is 16.1. The van der Waals surface area contributed by atoms with Crippen LogP contribution in [0, 0.1) is 12.8 Å². The molecule has 0 aromatic heterocycles. The van der Waals surface area contributed by atoms with Crippen LogP contribution in [0.1, 0.15) is 158 Å². The zero-order chi connectivity index (χ0) is 30.8. The minimum atomic E-state index is -0.122. The Bertz CT molecular complexity index is 1270. The molecule has 1 unspecified atom stereocenters. The van der Waals surface area contributed by atoms with E-state index in [1.165, 1.54) is 124 Å². The van der Waals surface area contributed by atoms with Crippen LogP contribution in [0.3, 0.4) is 0 Å². The molecule has 0 saturated heterocycles. The largest absolute Gasteiger partial charge is 0.0797 e. The van der Waals surface area contributed by atoms with Crippen molar-refractivity contribution in [2.24, 2.45) is 5.92 Å². The van der Waals surface area contributed by atoms with Gasteiger partial charge in [-0.25, -0.2) is 0 Å². The van der Waals surface area contributed by atoms with Crippen molar-refractivity contribution in [3.63, 3.8) is 0 Å². The lowest BCUT2D eigenvalue weighted by Gasteiger charge is -2.41. The van der Waals surface area contributed by atoms with E-state index in [-0.39, 0.29) is 5.41 Å². The third kappa shape index (κ3) is 8.04. The van der Waals surface area contributed by atoms with Gasteiger partial charge in [0.05, 0.1) is 0 Å². The van der Waals surface area contributed by atoms with Crippen LogP contribution in [-0.2, 0) is 24.7 Å². The first kappa shape index (κ1) is 33.6. The Kier molecular flexibility index (Phi) is 12.6. The molecule has 0 heterocycles. The second-order valence-electron chi connectivity index (χ2n) is 14.1. The molecule has 0 heteroatoms. The van der Waals surface area contributed by atoms with E-state index in [4.69, 9.17) is 0 Å². The number of hydrogen-bond donors (Lipinski definition) is 0. The Morgan fingerprint density at radius 1 is 0.605 bits per heavy atom. The normalized spacial score (nSPS) is 19.9. The predicted octanol–water partition coefficient (Wildman–Crippen LogP) is 12.9. The summed E-state index contributed by atoms with van der Waals surface area (Å²) in [5, 5.41) is 0. The third-order valence-corrected chi connectivity index (χ3v) is 10.5. The molecule has 2 aliphatic carbocycles. The van der Waals surface area contributed by atoms with Gasteiger partial charge in [0.15, 0.2) is 0 Å². The molecule has 0 saturated carbocycles. The Hall–Kier alpha value is -2.34. The molecule has 0 nitrogen and oxygen atoms in total. The van der Waals surface area contributed by atoms with Crippen LogP contribution in [-0.4, -0.2) is 0 Å². The Labute approximate surface area is 266 Å². The van der Waals surface area contributed by atoms with Crippen LogP contribution in [0.25, 0.3) is 0 Å². The highest BCUT2D eigenvalue weighted by molar-refractivity contribution is 5.65. The molecule has 0 spiro atoms. The molecule has 0 amide bonds. The average Bonchev–Trinajstić information content (AvgIpc) is 3.30. The summed E-state index contributed by atoms with van der Waals surface area (Å²) in [5.74, 6) is 0.495. The molecular weight excluding hydrogens is 516 g/mol. The first-order chi connectivity index (χ1) is 20.8. The van der Waals surface area contributed by atoms with E-state index in [1.807, 2.05) is 0 Å². The molecule has 4 rings (SSSR count). The van der Waals surface area contributed by atoms with Gasteiger partial charge in [-0.05, 0) is 105 Å². The topological polar surface area (TPSA) is 0 Å². The summed E-state index contributed by atoms with van der Waals surface area (Å²) in [6, 6.07) is 15.5. The maximum Gasteiger partial charge on any atom is 0.0489 e. The van der Waals surface area contributed by atoms with Gasteiger partial charge < -0.3 is 0 Å². The SMILES string of the molecule is CCCCCCc1cc(C)cc(C2(c3cc(CCCCCC)cc(CCCCCC)c3)CC=C(C)C3=C2C=C(C)[C@@H]3C)c1. The lowest BCUT2D eigenvalue weighted by molar-refractivity contribution is 0.597. The average molecular weight is 579 g/mol. The van der Waals surface area contributed by atoms with Gasteiger partial charge in [0.25, 0.3) is 0 Å². The fraction of sp³-hybridized carbons (Fsp3) is 0.581. The molecule has 0 fully saturated rings. The van der Waals surface area contributed by atoms with Crippen molar-refractivity contribution in [3.8, 4) is 0 Å². The third-order valence-electron chi connectivity index (χ3n) is 10.5. The van der Waals surface area contributed by atoms with Crippen LogP contribution < -0.4 is 0 Å². The van der Waals surface area contributed by atoms with E-state index < -0.39 is 0 Å². The molecule has 0 aliphatic heterocycles. The number of hydrogen-bond acceptors (Lipinski definition) is 0. The summed E-state index contributed by atoms with van der Waals surface area (Å²) >= 11 is 0.